The molecule has 10 nitrogen and oxygen atoms in total. The van der Waals surface area contributed by atoms with Crippen molar-refractivity contribution in [1.29, 1.82) is 0 Å². The maximum atomic E-state index is 12.6. The van der Waals surface area contributed by atoms with Crippen LogP contribution in [-0.2, 0) is 4.79 Å². The molecule has 32 heavy (non-hydrogen) atoms. The number of hydroxylamine groups is 1. The van der Waals surface area contributed by atoms with Crippen molar-refractivity contribution in [3.05, 3.63) is 51.7 Å². The average Bonchev–Trinajstić information content (AvgIpc) is 3.22. The smallest absolute Gasteiger partial charge is 0.267 e. The van der Waals surface area contributed by atoms with Gasteiger partial charge in [-0.25, -0.2) is 20.4 Å². The SMILES string of the molecule is Cc1nc(NCCCC(=O)NO)cc(Nc2ncc(C(=O)Nc3c(C)cccc3Cl)s2)n1. The summed E-state index contributed by atoms with van der Waals surface area (Å²) in [6, 6.07) is 7.11. The quantitative estimate of drug-likeness (QED) is 0.178. The average molecular weight is 476 g/mol. The lowest BCUT2D eigenvalue weighted by atomic mass is 10.2. The number of halogens is 1. The number of nitrogens with one attached hydrogen (secondary N) is 4. The lowest BCUT2D eigenvalue weighted by Crippen LogP contribution is -2.19. The minimum absolute atomic E-state index is 0.191. The Hall–Kier alpha value is -3.28. The van der Waals surface area contributed by atoms with E-state index < -0.39 is 5.91 Å². The van der Waals surface area contributed by atoms with Crippen LogP contribution in [0.5, 0.6) is 0 Å². The molecule has 1 aromatic carbocycles. The monoisotopic (exact) mass is 475 g/mol. The van der Waals surface area contributed by atoms with E-state index in [0.29, 0.717) is 51.1 Å². The Balaban J connectivity index is 1.62. The van der Waals surface area contributed by atoms with E-state index in [1.165, 1.54) is 17.5 Å². The molecule has 0 saturated heterocycles. The first-order valence-electron chi connectivity index (χ1n) is 9.67. The van der Waals surface area contributed by atoms with Crippen LogP contribution in [0.1, 0.15) is 33.9 Å². The Labute approximate surface area is 193 Å². The topological polar surface area (TPSA) is 141 Å². The molecule has 5 N–H and O–H groups in total. The molecule has 2 aromatic heterocycles. The maximum absolute atomic E-state index is 12.6. The molecule has 0 aliphatic carbocycles. The number of carbonyl (C=O) groups excluding carboxylic acids is 2. The van der Waals surface area contributed by atoms with E-state index in [1.807, 2.05) is 19.1 Å². The molecule has 0 radical (unpaired) electrons. The van der Waals surface area contributed by atoms with E-state index in [1.54, 1.807) is 24.5 Å². The summed E-state index contributed by atoms with van der Waals surface area (Å²) in [4.78, 5) is 37.0. The maximum Gasteiger partial charge on any atom is 0.267 e. The van der Waals surface area contributed by atoms with Crippen LogP contribution in [0.3, 0.4) is 0 Å². The summed E-state index contributed by atoms with van der Waals surface area (Å²) >= 11 is 7.36. The molecule has 3 rings (SSSR count). The summed E-state index contributed by atoms with van der Waals surface area (Å²) in [5, 5.41) is 18.5. The highest BCUT2D eigenvalue weighted by atomic mass is 35.5. The van der Waals surface area contributed by atoms with Crippen molar-refractivity contribution < 1.29 is 14.8 Å². The number of amides is 2. The number of nitrogens with zero attached hydrogens (tertiary/aromatic N) is 3. The van der Waals surface area contributed by atoms with Crippen LogP contribution in [0.15, 0.2) is 30.5 Å². The van der Waals surface area contributed by atoms with E-state index in [9.17, 15) is 9.59 Å². The molecule has 0 saturated carbocycles. The Kier molecular flexibility index (Phi) is 7.92. The van der Waals surface area contributed by atoms with Gasteiger partial charge in [0.2, 0.25) is 5.91 Å². The number of carbonyl (C=O) groups is 2. The van der Waals surface area contributed by atoms with Gasteiger partial charge in [0.05, 0.1) is 16.9 Å². The summed E-state index contributed by atoms with van der Waals surface area (Å²) in [7, 11) is 0. The van der Waals surface area contributed by atoms with Gasteiger partial charge < -0.3 is 16.0 Å². The predicted octanol–water partition coefficient (Wildman–Crippen LogP) is 3.90. The van der Waals surface area contributed by atoms with Crippen LogP contribution in [0.2, 0.25) is 5.02 Å². The van der Waals surface area contributed by atoms with Gasteiger partial charge in [-0.2, -0.15) is 0 Å². The van der Waals surface area contributed by atoms with Crippen molar-refractivity contribution in [3.63, 3.8) is 0 Å². The fourth-order valence-corrected chi connectivity index (χ4v) is 3.74. The second-order valence-electron chi connectivity index (χ2n) is 6.79. The summed E-state index contributed by atoms with van der Waals surface area (Å²) < 4.78 is 0. The van der Waals surface area contributed by atoms with Gasteiger partial charge in [-0.15, -0.1) is 0 Å². The van der Waals surface area contributed by atoms with Gasteiger partial charge >= 0.3 is 0 Å². The summed E-state index contributed by atoms with van der Waals surface area (Å²) in [5.41, 5.74) is 3.03. The van der Waals surface area contributed by atoms with Crippen LogP contribution in [-0.4, -0.2) is 38.5 Å². The van der Waals surface area contributed by atoms with Gasteiger partial charge in [-0.1, -0.05) is 35.1 Å². The third-order valence-corrected chi connectivity index (χ3v) is 5.50. The van der Waals surface area contributed by atoms with Gasteiger partial charge in [-0.05, 0) is 31.9 Å². The van der Waals surface area contributed by atoms with E-state index >= 15 is 0 Å². The second kappa shape index (κ2) is 10.8. The molecule has 0 atom stereocenters. The van der Waals surface area contributed by atoms with Crippen LogP contribution in [0.4, 0.5) is 22.5 Å². The number of aromatic nitrogens is 3. The van der Waals surface area contributed by atoms with Crippen molar-refractivity contribution >= 4 is 57.2 Å². The van der Waals surface area contributed by atoms with Gasteiger partial charge in [0, 0.05) is 19.0 Å². The molecule has 2 amide bonds. The number of hydrogen-bond donors (Lipinski definition) is 5. The molecule has 0 aliphatic rings. The normalized spacial score (nSPS) is 10.5. The zero-order valence-corrected chi connectivity index (χ0v) is 19.0. The predicted molar refractivity (Wildman–Crippen MR) is 124 cm³/mol. The van der Waals surface area contributed by atoms with Gasteiger partial charge in [0.25, 0.3) is 5.91 Å². The number of benzene rings is 1. The number of hydrogen-bond acceptors (Lipinski definition) is 9. The molecule has 168 valence electrons. The Morgan fingerprint density at radius 3 is 2.72 bits per heavy atom. The first kappa shape index (κ1) is 23.4. The minimum atomic E-state index is -0.443. The first-order valence-corrected chi connectivity index (χ1v) is 10.9. The van der Waals surface area contributed by atoms with Crippen LogP contribution >= 0.6 is 22.9 Å². The van der Waals surface area contributed by atoms with Gasteiger partial charge in [0.15, 0.2) is 5.13 Å². The van der Waals surface area contributed by atoms with Gasteiger partial charge in [0.1, 0.15) is 22.3 Å². The molecule has 2 heterocycles. The molecule has 0 spiro atoms. The highest BCUT2D eigenvalue weighted by Crippen LogP contribution is 2.28. The summed E-state index contributed by atoms with van der Waals surface area (Å²) in [6.45, 7) is 4.11. The summed E-state index contributed by atoms with van der Waals surface area (Å²) in [6.07, 6.45) is 2.19. The standard InChI is InChI=1S/C20H22ClN7O3S/c1-11-5-3-6-13(21)18(11)27-19(30)14-10-23-20(32-14)26-16-9-15(24-12(2)25-16)22-8-4-7-17(29)28-31/h3,5-6,9-10,31H,4,7-8H2,1-2H3,(H,27,30)(H,28,29)(H2,22,23,24,25,26). The number of aryl methyl sites for hydroxylation is 2. The minimum Gasteiger partial charge on any atom is -0.370 e. The van der Waals surface area contributed by atoms with Crippen molar-refractivity contribution in [2.75, 3.05) is 22.5 Å². The zero-order valence-electron chi connectivity index (χ0n) is 17.4. The first-order chi connectivity index (χ1) is 15.4. The Morgan fingerprint density at radius 1 is 1.19 bits per heavy atom. The van der Waals surface area contributed by atoms with Crippen molar-refractivity contribution in [3.8, 4) is 0 Å². The molecule has 0 unspecified atom stereocenters. The number of anilines is 4. The summed E-state index contributed by atoms with van der Waals surface area (Å²) in [5.74, 6) is 0.875. The third kappa shape index (κ3) is 6.36. The second-order valence-corrected chi connectivity index (χ2v) is 8.23. The van der Waals surface area contributed by atoms with Gasteiger partial charge in [-0.3, -0.25) is 14.8 Å². The fraction of sp³-hybridized carbons (Fsp3) is 0.250. The van der Waals surface area contributed by atoms with Crippen molar-refractivity contribution in [1.82, 2.24) is 20.4 Å². The number of thiazole rings is 1. The highest BCUT2D eigenvalue weighted by molar-refractivity contribution is 7.17. The third-order valence-electron chi connectivity index (χ3n) is 4.27. The Bertz CT molecular complexity index is 1100. The van der Waals surface area contributed by atoms with E-state index in [4.69, 9.17) is 16.8 Å². The van der Waals surface area contributed by atoms with Crippen molar-refractivity contribution in [2.24, 2.45) is 0 Å². The molecule has 12 heteroatoms. The fourth-order valence-electron chi connectivity index (χ4n) is 2.76. The molecule has 0 fully saturated rings. The molecule has 3 aromatic rings. The molecular weight excluding hydrogens is 454 g/mol. The van der Waals surface area contributed by atoms with Crippen molar-refractivity contribution in [2.45, 2.75) is 26.7 Å². The lowest BCUT2D eigenvalue weighted by Gasteiger charge is -2.09. The number of rotatable bonds is 9. The van der Waals surface area contributed by atoms with E-state index in [-0.39, 0.29) is 12.3 Å². The van der Waals surface area contributed by atoms with Crippen LogP contribution in [0, 0.1) is 13.8 Å². The highest BCUT2D eigenvalue weighted by Gasteiger charge is 2.14. The Morgan fingerprint density at radius 2 is 1.97 bits per heavy atom. The molecular formula is C20H22ClN7O3S. The van der Waals surface area contributed by atoms with Crippen LogP contribution in [0.25, 0.3) is 0 Å². The molecule has 0 bridgehead atoms. The lowest BCUT2D eigenvalue weighted by molar-refractivity contribution is -0.129. The van der Waals surface area contributed by atoms with E-state index in [0.717, 1.165) is 5.56 Å². The zero-order chi connectivity index (χ0) is 23.1. The number of para-hydroxylation sites is 1. The molecule has 0 aliphatic heterocycles. The van der Waals surface area contributed by atoms with Crippen LogP contribution < -0.4 is 21.4 Å². The van der Waals surface area contributed by atoms with E-state index in [2.05, 4.69) is 30.9 Å². The largest absolute Gasteiger partial charge is 0.370 e.